The molecule has 3 heteroatoms. The Morgan fingerprint density at radius 3 is 2.35 bits per heavy atom. The molecule has 1 amide bonds. The highest BCUT2D eigenvalue weighted by Crippen LogP contribution is 2.11. The quantitative estimate of drug-likeness (QED) is 0.805. The molecule has 0 fully saturated rings. The zero-order valence-corrected chi connectivity index (χ0v) is 13.1. The van der Waals surface area contributed by atoms with Gasteiger partial charge in [0.2, 0.25) is 5.91 Å². The number of hydrogen-bond donors (Lipinski definition) is 2. The Labute approximate surface area is 122 Å². The molecule has 0 aliphatic rings. The van der Waals surface area contributed by atoms with Crippen LogP contribution in [0.15, 0.2) is 18.2 Å². The highest BCUT2D eigenvalue weighted by molar-refractivity contribution is 5.76. The zero-order valence-electron chi connectivity index (χ0n) is 13.1. The largest absolute Gasteiger partial charge is 0.393 e. The summed E-state index contributed by atoms with van der Waals surface area (Å²) in [5.74, 6) is 0.391. The van der Waals surface area contributed by atoms with Gasteiger partial charge in [-0.25, -0.2) is 0 Å². The molecule has 0 aliphatic carbocycles. The van der Waals surface area contributed by atoms with Crippen LogP contribution in [0.2, 0.25) is 0 Å². The van der Waals surface area contributed by atoms with Crippen LogP contribution < -0.4 is 5.32 Å². The van der Waals surface area contributed by atoms with Gasteiger partial charge >= 0.3 is 0 Å². The average molecular weight is 277 g/mol. The summed E-state index contributed by atoms with van der Waals surface area (Å²) in [6, 6.07) is 6.41. The molecule has 0 radical (unpaired) electrons. The van der Waals surface area contributed by atoms with Crippen molar-refractivity contribution in [3.8, 4) is 0 Å². The van der Waals surface area contributed by atoms with Crippen LogP contribution in [0.4, 0.5) is 0 Å². The van der Waals surface area contributed by atoms with Crippen LogP contribution in [0.3, 0.4) is 0 Å². The highest BCUT2D eigenvalue weighted by atomic mass is 16.3. The van der Waals surface area contributed by atoms with Crippen LogP contribution in [0.25, 0.3) is 0 Å². The summed E-state index contributed by atoms with van der Waals surface area (Å²) < 4.78 is 0. The third-order valence-electron chi connectivity index (χ3n) is 3.31. The zero-order chi connectivity index (χ0) is 15.1. The summed E-state index contributed by atoms with van der Waals surface area (Å²) in [5.41, 5.74) is 3.70. The molecule has 2 unspecified atom stereocenters. The van der Waals surface area contributed by atoms with E-state index in [2.05, 4.69) is 37.4 Å². The molecule has 0 heterocycles. The second-order valence-electron chi connectivity index (χ2n) is 5.99. The lowest BCUT2D eigenvalue weighted by atomic mass is 10.0. The first-order valence-corrected chi connectivity index (χ1v) is 7.38. The Morgan fingerprint density at radius 1 is 1.20 bits per heavy atom. The Kier molecular flexibility index (Phi) is 6.73. The maximum atomic E-state index is 11.8. The van der Waals surface area contributed by atoms with E-state index >= 15 is 0 Å². The van der Waals surface area contributed by atoms with Gasteiger partial charge in [0.05, 0.1) is 6.10 Å². The van der Waals surface area contributed by atoms with Gasteiger partial charge < -0.3 is 10.4 Å². The van der Waals surface area contributed by atoms with E-state index in [0.717, 1.165) is 12.8 Å². The summed E-state index contributed by atoms with van der Waals surface area (Å²) in [6.07, 6.45) is 1.71. The number of aliphatic hydroxyl groups excluding tert-OH is 1. The van der Waals surface area contributed by atoms with Crippen LogP contribution in [-0.2, 0) is 11.2 Å². The number of aryl methyl sites for hydroxylation is 3. The van der Waals surface area contributed by atoms with Gasteiger partial charge in [0.15, 0.2) is 0 Å². The predicted molar refractivity (Wildman–Crippen MR) is 82.7 cm³/mol. The number of benzene rings is 1. The van der Waals surface area contributed by atoms with Crippen molar-refractivity contribution in [1.29, 1.82) is 0 Å². The maximum absolute atomic E-state index is 11.8. The third-order valence-corrected chi connectivity index (χ3v) is 3.31. The van der Waals surface area contributed by atoms with Gasteiger partial charge in [-0.1, -0.05) is 36.2 Å². The van der Waals surface area contributed by atoms with Gasteiger partial charge in [-0.15, -0.1) is 0 Å². The topological polar surface area (TPSA) is 49.3 Å². The van der Waals surface area contributed by atoms with E-state index < -0.39 is 0 Å². The van der Waals surface area contributed by atoms with E-state index in [1.807, 2.05) is 6.92 Å². The van der Waals surface area contributed by atoms with Crippen molar-refractivity contribution in [2.45, 2.75) is 53.1 Å². The van der Waals surface area contributed by atoms with Gasteiger partial charge in [0.1, 0.15) is 0 Å². The molecule has 0 saturated carbocycles. The minimum absolute atomic E-state index is 0.0848. The molecule has 0 spiro atoms. The third kappa shape index (κ3) is 6.71. The fourth-order valence-electron chi connectivity index (χ4n) is 2.51. The van der Waals surface area contributed by atoms with Gasteiger partial charge in [-0.3, -0.25) is 4.79 Å². The number of carbonyl (C=O) groups excluding carboxylic acids is 1. The minimum atomic E-state index is -0.308. The molecular formula is C17H27NO2. The summed E-state index contributed by atoms with van der Waals surface area (Å²) in [7, 11) is 0. The number of carbonyl (C=O) groups is 1. The van der Waals surface area contributed by atoms with Crippen LogP contribution in [0.5, 0.6) is 0 Å². The molecule has 1 aromatic rings. The average Bonchev–Trinajstić information content (AvgIpc) is 2.32. The molecule has 2 atom stereocenters. The molecule has 20 heavy (non-hydrogen) atoms. The lowest BCUT2D eigenvalue weighted by Crippen LogP contribution is -2.29. The summed E-state index contributed by atoms with van der Waals surface area (Å²) in [4.78, 5) is 11.8. The first-order valence-electron chi connectivity index (χ1n) is 7.38. The van der Waals surface area contributed by atoms with Crippen molar-refractivity contribution in [1.82, 2.24) is 5.32 Å². The first kappa shape index (κ1) is 16.7. The molecule has 0 bridgehead atoms. The number of rotatable bonds is 7. The molecule has 2 N–H and O–H groups in total. The number of hydrogen-bond acceptors (Lipinski definition) is 2. The Morgan fingerprint density at radius 2 is 1.80 bits per heavy atom. The Bertz CT molecular complexity index is 420. The number of nitrogens with one attached hydrogen (secondary N) is 1. The lowest BCUT2D eigenvalue weighted by molar-refractivity contribution is -0.121. The van der Waals surface area contributed by atoms with Gasteiger partial charge in [-0.05, 0) is 45.1 Å². The highest BCUT2D eigenvalue weighted by Gasteiger charge is 2.08. The van der Waals surface area contributed by atoms with Crippen LogP contribution in [0.1, 0.15) is 43.4 Å². The van der Waals surface area contributed by atoms with E-state index in [1.54, 1.807) is 6.92 Å². The number of amides is 1. The fourth-order valence-corrected chi connectivity index (χ4v) is 2.51. The van der Waals surface area contributed by atoms with Gasteiger partial charge in [0, 0.05) is 13.0 Å². The van der Waals surface area contributed by atoms with E-state index in [1.165, 1.54) is 16.7 Å². The molecule has 112 valence electrons. The van der Waals surface area contributed by atoms with Crippen molar-refractivity contribution in [3.05, 3.63) is 34.9 Å². The predicted octanol–water partition coefficient (Wildman–Crippen LogP) is 2.76. The van der Waals surface area contributed by atoms with Gasteiger partial charge in [-0.2, -0.15) is 0 Å². The maximum Gasteiger partial charge on any atom is 0.220 e. The number of aliphatic hydroxyl groups is 1. The standard InChI is InChI=1S/C17H27NO2/c1-12-7-13(2)10-16(9-12)5-6-17(20)18-11-14(3)8-15(4)19/h7,9-10,14-15,19H,5-6,8,11H2,1-4H3,(H,18,20). The SMILES string of the molecule is Cc1cc(C)cc(CCC(=O)NCC(C)CC(C)O)c1. The van der Waals surface area contributed by atoms with Crippen molar-refractivity contribution in [2.75, 3.05) is 6.54 Å². The van der Waals surface area contributed by atoms with Crippen LogP contribution in [0, 0.1) is 19.8 Å². The van der Waals surface area contributed by atoms with Crippen molar-refractivity contribution in [2.24, 2.45) is 5.92 Å². The summed E-state index contributed by atoms with van der Waals surface area (Å²) >= 11 is 0. The Balaban J connectivity index is 2.32. The molecule has 1 rings (SSSR count). The molecule has 0 saturated heterocycles. The van der Waals surface area contributed by atoms with E-state index in [9.17, 15) is 9.90 Å². The fraction of sp³-hybridized carbons (Fsp3) is 0.588. The van der Waals surface area contributed by atoms with E-state index in [0.29, 0.717) is 18.9 Å². The smallest absolute Gasteiger partial charge is 0.220 e. The first-order chi connectivity index (χ1) is 9.36. The molecule has 0 aromatic heterocycles. The van der Waals surface area contributed by atoms with Crippen molar-refractivity contribution in [3.63, 3.8) is 0 Å². The van der Waals surface area contributed by atoms with E-state index in [4.69, 9.17) is 0 Å². The minimum Gasteiger partial charge on any atom is -0.393 e. The van der Waals surface area contributed by atoms with Crippen LogP contribution in [-0.4, -0.2) is 23.7 Å². The Hall–Kier alpha value is -1.35. The monoisotopic (exact) mass is 277 g/mol. The van der Waals surface area contributed by atoms with Crippen molar-refractivity contribution >= 4 is 5.91 Å². The molecule has 1 aromatic carbocycles. The lowest BCUT2D eigenvalue weighted by Gasteiger charge is -2.14. The van der Waals surface area contributed by atoms with Crippen LogP contribution >= 0.6 is 0 Å². The molecular weight excluding hydrogens is 250 g/mol. The molecule has 3 nitrogen and oxygen atoms in total. The second kappa shape index (κ2) is 8.05. The second-order valence-corrected chi connectivity index (χ2v) is 5.99. The van der Waals surface area contributed by atoms with E-state index in [-0.39, 0.29) is 12.0 Å². The van der Waals surface area contributed by atoms with Crippen molar-refractivity contribution < 1.29 is 9.90 Å². The summed E-state index contributed by atoms with van der Waals surface area (Å²) in [6.45, 7) is 8.61. The summed E-state index contributed by atoms with van der Waals surface area (Å²) in [5, 5.41) is 12.2. The molecule has 0 aliphatic heterocycles. The normalized spacial score (nSPS) is 13.8. The van der Waals surface area contributed by atoms with Gasteiger partial charge in [0.25, 0.3) is 0 Å².